The molecule has 0 spiro atoms. The number of methoxy groups -OCH3 is 2. The number of rotatable bonds is 7. The lowest BCUT2D eigenvalue weighted by Crippen LogP contribution is -2.43. The van der Waals surface area contributed by atoms with Crippen LogP contribution in [0, 0.1) is 5.82 Å². The molecule has 0 aliphatic carbocycles. The molecule has 0 saturated heterocycles. The standard InChI is InChI=1S/C21H28FN3O3/c1-21(2,15-7-6-8-16(22)11-15)13-25-20(23-3)24-12-14-9-17(27-4)19(26)18(10-14)28-5/h6-11,26H,12-13H2,1-5H3,(H2,23,24,25). The van der Waals surface area contributed by atoms with Gasteiger partial charge in [0, 0.05) is 25.6 Å². The molecule has 0 aliphatic heterocycles. The first kappa shape index (κ1) is 21.3. The highest BCUT2D eigenvalue weighted by Crippen LogP contribution is 2.37. The van der Waals surface area contributed by atoms with E-state index in [2.05, 4.69) is 15.6 Å². The number of nitrogens with zero attached hydrogens (tertiary/aromatic N) is 1. The van der Waals surface area contributed by atoms with Crippen molar-refractivity contribution in [3.05, 3.63) is 53.3 Å². The van der Waals surface area contributed by atoms with E-state index in [0.717, 1.165) is 11.1 Å². The van der Waals surface area contributed by atoms with Gasteiger partial charge in [0.1, 0.15) is 5.82 Å². The van der Waals surface area contributed by atoms with Crippen molar-refractivity contribution >= 4 is 5.96 Å². The van der Waals surface area contributed by atoms with E-state index in [-0.39, 0.29) is 17.0 Å². The maximum Gasteiger partial charge on any atom is 0.200 e. The summed E-state index contributed by atoms with van der Waals surface area (Å²) < 4.78 is 23.9. The third kappa shape index (κ3) is 5.28. The van der Waals surface area contributed by atoms with E-state index < -0.39 is 0 Å². The van der Waals surface area contributed by atoms with Gasteiger partial charge in [-0.2, -0.15) is 0 Å². The van der Waals surface area contributed by atoms with Crippen LogP contribution in [0.15, 0.2) is 41.4 Å². The van der Waals surface area contributed by atoms with E-state index in [1.54, 1.807) is 31.3 Å². The van der Waals surface area contributed by atoms with Gasteiger partial charge in [0.05, 0.1) is 14.2 Å². The predicted octanol–water partition coefficient (Wildman–Crippen LogP) is 3.19. The fourth-order valence-corrected chi connectivity index (χ4v) is 2.77. The Morgan fingerprint density at radius 1 is 1.11 bits per heavy atom. The van der Waals surface area contributed by atoms with Crippen molar-refractivity contribution in [3.63, 3.8) is 0 Å². The first-order valence-corrected chi connectivity index (χ1v) is 8.95. The lowest BCUT2D eigenvalue weighted by atomic mass is 9.84. The van der Waals surface area contributed by atoms with Crippen molar-refractivity contribution in [2.45, 2.75) is 25.8 Å². The highest BCUT2D eigenvalue weighted by Gasteiger charge is 2.21. The Bertz CT molecular complexity index is 812. The minimum Gasteiger partial charge on any atom is -0.502 e. The molecule has 7 heteroatoms. The number of aromatic hydroxyl groups is 1. The monoisotopic (exact) mass is 389 g/mol. The van der Waals surface area contributed by atoms with Crippen LogP contribution in [-0.2, 0) is 12.0 Å². The molecule has 0 unspecified atom stereocenters. The number of halogens is 1. The average Bonchev–Trinajstić information content (AvgIpc) is 2.68. The zero-order chi connectivity index (χ0) is 20.7. The SMILES string of the molecule is CN=C(NCc1cc(OC)c(O)c(OC)c1)NCC(C)(C)c1cccc(F)c1. The summed E-state index contributed by atoms with van der Waals surface area (Å²) in [7, 11) is 4.66. The highest BCUT2D eigenvalue weighted by molar-refractivity contribution is 5.79. The maximum absolute atomic E-state index is 13.5. The second-order valence-electron chi connectivity index (χ2n) is 7.02. The van der Waals surface area contributed by atoms with Crippen molar-refractivity contribution < 1.29 is 19.0 Å². The van der Waals surface area contributed by atoms with Gasteiger partial charge in [-0.1, -0.05) is 26.0 Å². The molecule has 28 heavy (non-hydrogen) atoms. The molecule has 0 saturated carbocycles. The summed E-state index contributed by atoms with van der Waals surface area (Å²) in [6.07, 6.45) is 0. The van der Waals surface area contributed by atoms with Gasteiger partial charge in [0.2, 0.25) is 5.75 Å². The number of benzene rings is 2. The summed E-state index contributed by atoms with van der Waals surface area (Å²) in [5, 5.41) is 16.5. The summed E-state index contributed by atoms with van der Waals surface area (Å²) in [5.74, 6) is 1.00. The van der Waals surface area contributed by atoms with Crippen molar-refractivity contribution in [3.8, 4) is 17.2 Å². The van der Waals surface area contributed by atoms with Crippen LogP contribution >= 0.6 is 0 Å². The molecule has 0 heterocycles. The molecule has 0 aliphatic rings. The van der Waals surface area contributed by atoms with Crippen LogP contribution in [0.5, 0.6) is 17.2 Å². The lowest BCUT2D eigenvalue weighted by molar-refractivity contribution is 0.339. The Balaban J connectivity index is 2.02. The average molecular weight is 389 g/mol. The molecular formula is C21H28FN3O3. The second kappa shape index (κ2) is 9.30. The van der Waals surface area contributed by atoms with E-state index in [9.17, 15) is 9.50 Å². The van der Waals surface area contributed by atoms with Crippen molar-refractivity contribution in [2.75, 3.05) is 27.8 Å². The molecule has 3 N–H and O–H groups in total. The van der Waals surface area contributed by atoms with Crippen LogP contribution < -0.4 is 20.1 Å². The Hall–Kier alpha value is -2.96. The van der Waals surface area contributed by atoms with Gasteiger partial charge >= 0.3 is 0 Å². The normalized spacial score (nSPS) is 11.9. The molecule has 2 rings (SSSR count). The Kier molecular flexibility index (Phi) is 7.09. The molecule has 0 amide bonds. The van der Waals surface area contributed by atoms with Crippen LogP contribution in [0.25, 0.3) is 0 Å². The molecule has 152 valence electrons. The van der Waals surface area contributed by atoms with Crippen LogP contribution in [0.3, 0.4) is 0 Å². The predicted molar refractivity (Wildman–Crippen MR) is 109 cm³/mol. The zero-order valence-electron chi connectivity index (χ0n) is 17.0. The first-order valence-electron chi connectivity index (χ1n) is 8.95. The van der Waals surface area contributed by atoms with Crippen LogP contribution in [0.4, 0.5) is 4.39 Å². The maximum atomic E-state index is 13.5. The number of phenols is 1. The van der Waals surface area contributed by atoms with E-state index in [0.29, 0.717) is 30.5 Å². The quantitative estimate of drug-likeness (QED) is 0.501. The number of phenolic OH excluding ortho intramolecular Hbond substituents is 1. The minimum atomic E-state index is -0.287. The molecule has 6 nitrogen and oxygen atoms in total. The number of nitrogens with one attached hydrogen (secondary N) is 2. The number of guanidine groups is 1. The molecular weight excluding hydrogens is 361 g/mol. The van der Waals surface area contributed by atoms with Gasteiger partial charge in [0.15, 0.2) is 17.5 Å². The third-order valence-electron chi connectivity index (χ3n) is 4.53. The molecule has 0 aromatic heterocycles. The lowest BCUT2D eigenvalue weighted by Gasteiger charge is -2.27. The van der Waals surface area contributed by atoms with Crippen molar-refractivity contribution in [1.82, 2.24) is 10.6 Å². The van der Waals surface area contributed by atoms with Gasteiger partial charge in [0.25, 0.3) is 0 Å². The number of ether oxygens (including phenoxy) is 2. The summed E-state index contributed by atoms with van der Waals surface area (Å²) in [6.45, 7) is 5.10. The van der Waals surface area contributed by atoms with Gasteiger partial charge in [-0.25, -0.2) is 4.39 Å². The zero-order valence-corrected chi connectivity index (χ0v) is 17.0. The molecule has 0 bridgehead atoms. The van der Waals surface area contributed by atoms with Gasteiger partial charge in [-0.3, -0.25) is 4.99 Å². The Morgan fingerprint density at radius 2 is 1.75 bits per heavy atom. The number of aliphatic imine (C=N–C) groups is 1. The number of hydrogen-bond donors (Lipinski definition) is 3. The van der Waals surface area contributed by atoms with E-state index in [4.69, 9.17) is 9.47 Å². The van der Waals surface area contributed by atoms with Crippen LogP contribution in [-0.4, -0.2) is 38.9 Å². The van der Waals surface area contributed by atoms with Gasteiger partial charge < -0.3 is 25.2 Å². The van der Waals surface area contributed by atoms with E-state index >= 15 is 0 Å². The number of hydrogen-bond acceptors (Lipinski definition) is 4. The van der Waals surface area contributed by atoms with Crippen LogP contribution in [0.1, 0.15) is 25.0 Å². The third-order valence-corrected chi connectivity index (χ3v) is 4.53. The smallest absolute Gasteiger partial charge is 0.200 e. The van der Waals surface area contributed by atoms with E-state index in [1.807, 2.05) is 19.9 Å². The first-order chi connectivity index (χ1) is 13.3. The van der Waals surface area contributed by atoms with E-state index in [1.165, 1.54) is 20.3 Å². The minimum absolute atomic E-state index is 0.0342. The summed E-state index contributed by atoms with van der Waals surface area (Å²) in [6, 6.07) is 10.1. The summed E-state index contributed by atoms with van der Waals surface area (Å²) in [4.78, 5) is 4.23. The molecule has 2 aromatic rings. The Labute approximate surface area is 165 Å². The molecule has 2 aromatic carbocycles. The van der Waals surface area contributed by atoms with Gasteiger partial charge in [-0.15, -0.1) is 0 Å². The molecule has 0 radical (unpaired) electrons. The van der Waals surface area contributed by atoms with Gasteiger partial charge in [-0.05, 0) is 35.4 Å². The van der Waals surface area contributed by atoms with Crippen LogP contribution in [0.2, 0.25) is 0 Å². The Morgan fingerprint density at radius 3 is 2.29 bits per heavy atom. The van der Waals surface area contributed by atoms with Crippen molar-refractivity contribution in [1.29, 1.82) is 0 Å². The second-order valence-corrected chi connectivity index (χ2v) is 7.02. The van der Waals surface area contributed by atoms with Crippen molar-refractivity contribution in [2.24, 2.45) is 4.99 Å². The fraction of sp³-hybridized carbons (Fsp3) is 0.381. The largest absolute Gasteiger partial charge is 0.502 e. The highest BCUT2D eigenvalue weighted by atomic mass is 19.1. The summed E-state index contributed by atoms with van der Waals surface area (Å²) in [5.41, 5.74) is 1.48. The molecule has 0 atom stereocenters. The fourth-order valence-electron chi connectivity index (χ4n) is 2.77. The molecule has 0 fully saturated rings. The topological polar surface area (TPSA) is 75.1 Å². The summed E-state index contributed by atoms with van der Waals surface area (Å²) >= 11 is 0.